The normalized spacial score (nSPS) is 15.5. The largest absolute Gasteiger partial charge is 0.459 e. The first-order valence-corrected chi connectivity index (χ1v) is 15.8. The number of rotatable bonds is 11. The summed E-state index contributed by atoms with van der Waals surface area (Å²) < 4.78 is 5.30. The van der Waals surface area contributed by atoms with Gasteiger partial charge in [-0.15, -0.1) is 0 Å². The predicted molar refractivity (Wildman–Crippen MR) is 174 cm³/mol. The third-order valence-electron chi connectivity index (χ3n) is 8.53. The van der Waals surface area contributed by atoms with Gasteiger partial charge in [0, 0.05) is 57.1 Å². The van der Waals surface area contributed by atoms with Crippen molar-refractivity contribution in [3.8, 4) is 0 Å². The van der Waals surface area contributed by atoms with Crippen molar-refractivity contribution >= 4 is 34.9 Å². The Morgan fingerprint density at radius 3 is 2.25 bits per heavy atom. The van der Waals surface area contributed by atoms with Crippen LogP contribution in [-0.2, 0) is 0 Å². The molecule has 2 aliphatic rings. The maximum atomic E-state index is 13.0. The van der Waals surface area contributed by atoms with Gasteiger partial charge >= 0.3 is 6.03 Å². The number of hydrogen-bond donors (Lipinski definition) is 4. The third kappa shape index (κ3) is 8.33. The number of anilines is 3. The quantitative estimate of drug-likeness (QED) is 0.226. The molecule has 1 saturated heterocycles. The molecule has 10 nitrogen and oxygen atoms in total. The summed E-state index contributed by atoms with van der Waals surface area (Å²) in [6, 6.07) is 16.9. The van der Waals surface area contributed by atoms with E-state index in [0.29, 0.717) is 36.7 Å². The molecule has 2 aromatic carbocycles. The van der Waals surface area contributed by atoms with E-state index >= 15 is 0 Å². The zero-order valence-electron chi connectivity index (χ0n) is 25.6. The average molecular weight is 601 g/mol. The van der Waals surface area contributed by atoms with E-state index < -0.39 is 0 Å². The Kier molecular flexibility index (Phi) is 10.8. The minimum Gasteiger partial charge on any atom is -0.459 e. The number of nitrogens with zero attached hydrogens (tertiary/aromatic N) is 2. The molecule has 0 atom stereocenters. The zero-order chi connectivity index (χ0) is 30.7. The lowest BCUT2D eigenvalue weighted by Gasteiger charge is -2.38. The third-order valence-corrected chi connectivity index (χ3v) is 8.53. The number of carbonyl (C=O) groups is 3. The van der Waals surface area contributed by atoms with Crippen molar-refractivity contribution in [2.75, 3.05) is 60.9 Å². The molecular formula is C34H44N6O4. The van der Waals surface area contributed by atoms with Crippen LogP contribution in [0, 0.1) is 12.8 Å². The van der Waals surface area contributed by atoms with Crippen molar-refractivity contribution in [2.24, 2.45) is 5.92 Å². The van der Waals surface area contributed by atoms with E-state index in [1.807, 2.05) is 6.07 Å². The lowest BCUT2D eigenvalue weighted by molar-refractivity contribution is 0.0951. The summed E-state index contributed by atoms with van der Waals surface area (Å²) in [6.07, 6.45) is 8.23. The molecule has 2 fully saturated rings. The van der Waals surface area contributed by atoms with Gasteiger partial charge in [0.2, 0.25) is 0 Å². The molecule has 44 heavy (non-hydrogen) atoms. The predicted octanol–water partition coefficient (Wildman–Crippen LogP) is 5.17. The van der Waals surface area contributed by atoms with Gasteiger partial charge in [-0.1, -0.05) is 37.5 Å². The molecule has 5 rings (SSSR count). The topological polar surface area (TPSA) is 119 Å². The van der Waals surface area contributed by atoms with Gasteiger partial charge in [-0.05, 0) is 74.1 Å². The summed E-state index contributed by atoms with van der Waals surface area (Å²) in [6.45, 7) is 6.94. The van der Waals surface area contributed by atoms with Gasteiger partial charge < -0.3 is 35.5 Å². The van der Waals surface area contributed by atoms with Crippen molar-refractivity contribution < 1.29 is 18.8 Å². The Hall–Kier alpha value is -4.47. The summed E-state index contributed by atoms with van der Waals surface area (Å²) in [4.78, 5) is 42.7. The van der Waals surface area contributed by atoms with Gasteiger partial charge in [0.1, 0.15) is 0 Å². The molecule has 0 spiro atoms. The van der Waals surface area contributed by atoms with Gasteiger partial charge in [-0.25, -0.2) is 4.79 Å². The van der Waals surface area contributed by atoms with Crippen LogP contribution in [0.4, 0.5) is 21.9 Å². The van der Waals surface area contributed by atoms with Crippen molar-refractivity contribution in [1.82, 2.24) is 16.0 Å². The number of carbonyl (C=O) groups excluding carboxylic acids is 3. The molecule has 2 heterocycles. The number of hydrogen-bond acceptors (Lipinski definition) is 6. The first-order valence-electron chi connectivity index (χ1n) is 15.8. The average Bonchev–Trinajstić information content (AvgIpc) is 3.60. The Morgan fingerprint density at radius 1 is 0.795 bits per heavy atom. The number of benzene rings is 2. The van der Waals surface area contributed by atoms with Crippen molar-refractivity contribution in [2.45, 2.75) is 45.4 Å². The van der Waals surface area contributed by atoms with E-state index in [1.165, 1.54) is 49.6 Å². The Labute approximate surface area is 259 Å². The van der Waals surface area contributed by atoms with Gasteiger partial charge in [0.25, 0.3) is 11.8 Å². The van der Waals surface area contributed by atoms with Crippen LogP contribution in [0.15, 0.2) is 65.3 Å². The van der Waals surface area contributed by atoms with Gasteiger partial charge in [-0.2, -0.15) is 0 Å². The highest BCUT2D eigenvalue weighted by Crippen LogP contribution is 2.30. The summed E-state index contributed by atoms with van der Waals surface area (Å²) in [5, 5.41) is 11.7. The second-order valence-electron chi connectivity index (χ2n) is 11.7. The Balaban J connectivity index is 1.15. The molecule has 0 unspecified atom stereocenters. The Bertz CT molecular complexity index is 1390. The number of para-hydroxylation sites is 1. The maximum Gasteiger partial charge on any atom is 0.314 e. The summed E-state index contributed by atoms with van der Waals surface area (Å²) in [5.41, 5.74) is 4.34. The molecule has 1 aliphatic carbocycles. The Morgan fingerprint density at radius 2 is 1.52 bits per heavy atom. The highest BCUT2D eigenvalue weighted by molar-refractivity contribution is 6.05. The van der Waals surface area contributed by atoms with E-state index in [1.54, 1.807) is 24.3 Å². The lowest BCUT2D eigenvalue weighted by Crippen LogP contribution is -2.47. The number of furan rings is 1. The minimum atomic E-state index is -0.375. The van der Waals surface area contributed by atoms with Gasteiger partial charge in [0.15, 0.2) is 5.76 Å². The standard InChI is InChI=1S/C34H44N6O4/c1-25-9-5-6-12-29(25)39-18-20-40(21-19-39)30-15-14-27(23-28(30)38-33(42)31-13-7-22-44-31)32(41)35-16-8-17-36-34(43)37-24-26-10-3-2-4-11-26/h5-7,9,12-15,22-23,26H,2-4,8,10-11,16-21,24H2,1H3,(H,35,41)(H,38,42)(H2,36,37,43). The highest BCUT2D eigenvalue weighted by atomic mass is 16.3. The van der Waals surface area contributed by atoms with Crippen LogP contribution in [-0.4, -0.2) is 63.7 Å². The smallest absolute Gasteiger partial charge is 0.314 e. The summed E-state index contributed by atoms with van der Waals surface area (Å²) in [7, 11) is 0. The number of nitrogens with one attached hydrogen (secondary N) is 4. The highest BCUT2D eigenvalue weighted by Gasteiger charge is 2.23. The SMILES string of the molecule is Cc1ccccc1N1CCN(c2ccc(C(=O)NCCCNC(=O)NCC3CCCCC3)cc2NC(=O)c2ccco2)CC1. The fraction of sp³-hybridized carbons (Fsp3) is 0.441. The van der Waals surface area contributed by atoms with Crippen LogP contribution < -0.4 is 31.1 Å². The first kappa shape index (κ1) is 31.0. The van der Waals surface area contributed by atoms with Crippen LogP contribution in [0.2, 0.25) is 0 Å². The maximum absolute atomic E-state index is 13.0. The van der Waals surface area contributed by atoms with Crippen LogP contribution in [0.25, 0.3) is 0 Å². The van der Waals surface area contributed by atoms with Crippen molar-refractivity contribution in [3.05, 3.63) is 77.7 Å². The van der Waals surface area contributed by atoms with Crippen LogP contribution in [0.5, 0.6) is 0 Å². The second kappa shape index (κ2) is 15.3. The van der Waals surface area contributed by atoms with E-state index in [0.717, 1.165) is 38.4 Å². The summed E-state index contributed by atoms with van der Waals surface area (Å²) in [5.74, 6) is 0.166. The fourth-order valence-electron chi connectivity index (χ4n) is 6.04. The van der Waals surface area contributed by atoms with E-state index in [-0.39, 0.29) is 23.6 Å². The van der Waals surface area contributed by atoms with Crippen LogP contribution in [0.1, 0.15) is 65.0 Å². The first-order chi connectivity index (χ1) is 21.5. The lowest BCUT2D eigenvalue weighted by atomic mass is 9.89. The van der Waals surface area contributed by atoms with Crippen molar-refractivity contribution in [3.63, 3.8) is 0 Å². The molecule has 1 saturated carbocycles. The fourth-order valence-corrected chi connectivity index (χ4v) is 6.04. The van der Waals surface area contributed by atoms with E-state index in [9.17, 15) is 14.4 Å². The molecule has 4 amide bonds. The molecule has 234 valence electrons. The minimum absolute atomic E-state index is 0.158. The molecule has 0 radical (unpaired) electrons. The number of urea groups is 1. The number of aryl methyl sites for hydroxylation is 1. The van der Waals surface area contributed by atoms with Gasteiger partial charge in [-0.3, -0.25) is 9.59 Å². The van der Waals surface area contributed by atoms with Crippen LogP contribution in [0.3, 0.4) is 0 Å². The monoisotopic (exact) mass is 600 g/mol. The molecule has 4 N–H and O–H groups in total. The number of amides is 4. The van der Waals surface area contributed by atoms with E-state index in [2.05, 4.69) is 62.3 Å². The summed E-state index contributed by atoms with van der Waals surface area (Å²) >= 11 is 0. The zero-order valence-corrected chi connectivity index (χ0v) is 25.6. The molecule has 3 aromatic rings. The molecule has 1 aliphatic heterocycles. The molecular weight excluding hydrogens is 556 g/mol. The molecule has 10 heteroatoms. The molecule has 0 bridgehead atoms. The second-order valence-corrected chi connectivity index (χ2v) is 11.7. The van der Waals surface area contributed by atoms with E-state index in [4.69, 9.17) is 4.42 Å². The van der Waals surface area contributed by atoms with Crippen molar-refractivity contribution in [1.29, 1.82) is 0 Å². The number of piperazine rings is 1. The molecule has 1 aromatic heterocycles. The van der Waals surface area contributed by atoms with Gasteiger partial charge in [0.05, 0.1) is 17.6 Å². The van der Waals surface area contributed by atoms with Crippen LogP contribution >= 0.6 is 0 Å².